The van der Waals surface area contributed by atoms with Gasteiger partial charge in [-0.05, 0) is 0 Å². The molecular formula is C9H17O2P. The van der Waals surface area contributed by atoms with Crippen LogP contribution in [-0.2, 0) is 9.05 Å². The molecule has 0 saturated carbocycles. The summed E-state index contributed by atoms with van der Waals surface area (Å²) in [4.78, 5) is 0. The van der Waals surface area contributed by atoms with Crippen molar-refractivity contribution in [1.82, 2.24) is 0 Å². The summed E-state index contributed by atoms with van der Waals surface area (Å²) in [5.74, 6) is 0. The molecule has 0 aromatic carbocycles. The van der Waals surface area contributed by atoms with Crippen LogP contribution in [-0.4, -0.2) is 31.2 Å². The summed E-state index contributed by atoms with van der Waals surface area (Å²) in [6, 6.07) is 0. The van der Waals surface area contributed by atoms with Gasteiger partial charge >= 0.3 is 73.3 Å². The molecule has 70 valence electrons. The molecule has 1 atom stereocenters. The van der Waals surface area contributed by atoms with E-state index in [0.717, 1.165) is 25.5 Å². The Bertz CT molecular complexity index is 219. The summed E-state index contributed by atoms with van der Waals surface area (Å²) >= 11 is 0. The minimum absolute atomic E-state index is 0.517. The van der Waals surface area contributed by atoms with Gasteiger partial charge in [0.15, 0.2) is 0 Å². The first-order valence-corrected chi connectivity index (χ1v) is 7.20. The van der Waals surface area contributed by atoms with Crippen LogP contribution in [0.25, 0.3) is 0 Å². The van der Waals surface area contributed by atoms with Gasteiger partial charge < -0.3 is 0 Å². The Hall–Kier alpha value is 0.0900. The summed E-state index contributed by atoms with van der Waals surface area (Å²) in [7, 11) is -2.18. The van der Waals surface area contributed by atoms with E-state index in [1.54, 1.807) is 0 Å². The van der Waals surface area contributed by atoms with Crippen LogP contribution in [0.15, 0.2) is 12.2 Å². The zero-order chi connectivity index (χ0) is 8.68. The number of hydrogen-bond donors (Lipinski definition) is 0. The van der Waals surface area contributed by atoms with Gasteiger partial charge in [-0.1, -0.05) is 0 Å². The SMILES string of the molecule is CCP12(CC=CC1C)OCCO2. The van der Waals surface area contributed by atoms with Gasteiger partial charge in [0.2, 0.25) is 0 Å². The Labute approximate surface area is 74.0 Å². The van der Waals surface area contributed by atoms with Gasteiger partial charge in [0, 0.05) is 0 Å². The first-order chi connectivity index (χ1) is 5.72. The van der Waals surface area contributed by atoms with Gasteiger partial charge in [0.25, 0.3) is 0 Å². The third kappa shape index (κ3) is 0.863. The maximum atomic E-state index is 6.00. The van der Waals surface area contributed by atoms with Crippen molar-refractivity contribution in [2.75, 3.05) is 25.5 Å². The monoisotopic (exact) mass is 188 g/mol. The van der Waals surface area contributed by atoms with Gasteiger partial charge in [0.1, 0.15) is 0 Å². The molecule has 0 aromatic heterocycles. The molecule has 3 heteroatoms. The second-order valence-corrected chi connectivity index (χ2v) is 8.83. The van der Waals surface area contributed by atoms with Crippen molar-refractivity contribution in [1.29, 1.82) is 0 Å². The van der Waals surface area contributed by atoms with Crippen molar-refractivity contribution in [3.05, 3.63) is 12.2 Å². The van der Waals surface area contributed by atoms with E-state index in [0.29, 0.717) is 5.66 Å². The minimum atomic E-state index is -2.18. The first kappa shape index (κ1) is 8.68. The molecule has 0 aliphatic carbocycles. The van der Waals surface area contributed by atoms with Gasteiger partial charge in [-0.2, -0.15) is 0 Å². The molecule has 1 saturated heterocycles. The van der Waals surface area contributed by atoms with Crippen LogP contribution in [0, 0.1) is 0 Å². The fraction of sp³-hybridized carbons (Fsp3) is 0.778. The van der Waals surface area contributed by atoms with Crippen molar-refractivity contribution < 1.29 is 9.05 Å². The molecule has 12 heavy (non-hydrogen) atoms. The van der Waals surface area contributed by atoms with Crippen LogP contribution in [0.2, 0.25) is 0 Å². The van der Waals surface area contributed by atoms with Gasteiger partial charge in [-0.15, -0.1) is 0 Å². The van der Waals surface area contributed by atoms with Crippen LogP contribution in [0.1, 0.15) is 13.8 Å². The van der Waals surface area contributed by atoms with Crippen molar-refractivity contribution in [2.45, 2.75) is 19.5 Å². The second kappa shape index (κ2) is 2.54. The third-order valence-corrected chi connectivity index (χ3v) is 9.26. The van der Waals surface area contributed by atoms with E-state index in [1.165, 1.54) is 0 Å². The van der Waals surface area contributed by atoms with Gasteiger partial charge in [-0.25, -0.2) is 0 Å². The fourth-order valence-electron chi connectivity index (χ4n) is 2.33. The summed E-state index contributed by atoms with van der Waals surface area (Å²) in [5, 5.41) is 0. The van der Waals surface area contributed by atoms with E-state index >= 15 is 0 Å². The predicted molar refractivity (Wildman–Crippen MR) is 52.8 cm³/mol. The second-order valence-electron chi connectivity index (χ2n) is 3.72. The van der Waals surface area contributed by atoms with E-state index in [9.17, 15) is 0 Å². The normalized spacial score (nSPS) is 39.8. The molecule has 0 N–H and O–H groups in total. The molecule has 2 heterocycles. The van der Waals surface area contributed by atoms with Crippen molar-refractivity contribution >= 4 is 7.06 Å². The van der Waals surface area contributed by atoms with Gasteiger partial charge in [-0.3, -0.25) is 0 Å². The summed E-state index contributed by atoms with van der Waals surface area (Å²) in [6.07, 6.45) is 6.60. The Morgan fingerprint density at radius 2 is 2.08 bits per heavy atom. The van der Waals surface area contributed by atoms with E-state index in [2.05, 4.69) is 26.0 Å². The molecule has 0 radical (unpaired) electrons. The molecule has 0 amide bonds. The Morgan fingerprint density at radius 3 is 2.50 bits per heavy atom. The van der Waals surface area contributed by atoms with Crippen LogP contribution in [0.4, 0.5) is 0 Å². The third-order valence-electron chi connectivity index (χ3n) is 3.36. The molecule has 2 rings (SSSR count). The maximum absolute atomic E-state index is 6.00. The number of allylic oxidation sites excluding steroid dienone is 2. The summed E-state index contributed by atoms with van der Waals surface area (Å²) in [5.41, 5.74) is 0.517. The number of rotatable bonds is 1. The van der Waals surface area contributed by atoms with E-state index in [1.807, 2.05) is 0 Å². The molecular weight excluding hydrogens is 171 g/mol. The standard InChI is InChI=1S/C9H17O2P/c1-3-12(10-6-7-11-12)8-4-5-9(12)2/h4-5,9H,3,6-8H2,1-2H3. The first-order valence-electron chi connectivity index (χ1n) is 4.69. The topological polar surface area (TPSA) is 18.5 Å². The zero-order valence-electron chi connectivity index (χ0n) is 7.82. The van der Waals surface area contributed by atoms with Crippen molar-refractivity contribution in [3.8, 4) is 0 Å². The summed E-state index contributed by atoms with van der Waals surface area (Å²) in [6.45, 7) is 6.04. The van der Waals surface area contributed by atoms with E-state index in [-0.39, 0.29) is 0 Å². The molecule has 1 unspecified atom stereocenters. The van der Waals surface area contributed by atoms with Crippen molar-refractivity contribution in [2.24, 2.45) is 0 Å². The molecule has 0 aromatic rings. The predicted octanol–water partition coefficient (Wildman–Crippen LogP) is 2.39. The Balaban J connectivity index is 2.35. The quantitative estimate of drug-likeness (QED) is 0.464. The van der Waals surface area contributed by atoms with Crippen LogP contribution in [0.3, 0.4) is 0 Å². The van der Waals surface area contributed by atoms with Crippen LogP contribution < -0.4 is 0 Å². The Morgan fingerprint density at radius 1 is 1.42 bits per heavy atom. The van der Waals surface area contributed by atoms with Crippen LogP contribution >= 0.6 is 7.06 Å². The molecule has 2 aliphatic rings. The number of hydrogen-bond acceptors (Lipinski definition) is 2. The average Bonchev–Trinajstić information content (AvgIpc) is 2.64. The molecule has 1 spiro atoms. The van der Waals surface area contributed by atoms with Gasteiger partial charge in [0.05, 0.1) is 0 Å². The van der Waals surface area contributed by atoms with E-state index in [4.69, 9.17) is 9.05 Å². The summed E-state index contributed by atoms with van der Waals surface area (Å²) < 4.78 is 12.0. The zero-order valence-corrected chi connectivity index (χ0v) is 8.72. The fourth-order valence-corrected chi connectivity index (χ4v) is 6.71. The Kier molecular flexibility index (Phi) is 1.84. The average molecular weight is 188 g/mol. The molecule has 2 aliphatic heterocycles. The van der Waals surface area contributed by atoms with Crippen molar-refractivity contribution in [3.63, 3.8) is 0 Å². The molecule has 0 bridgehead atoms. The van der Waals surface area contributed by atoms with E-state index < -0.39 is 7.06 Å². The molecule has 1 fully saturated rings. The van der Waals surface area contributed by atoms with Crippen LogP contribution in [0.5, 0.6) is 0 Å². The molecule has 2 nitrogen and oxygen atoms in total.